The molecule has 0 aromatic carbocycles. The number of nitrogens with one attached hydrogen (secondary N) is 2. The van der Waals surface area contributed by atoms with Gasteiger partial charge < -0.3 is 19.9 Å². The minimum Gasteiger partial charge on any atom is -0.394 e. The Labute approximate surface area is 160 Å². The van der Waals surface area contributed by atoms with Crippen molar-refractivity contribution >= 4 is 18.1 Å². The largest absolute Gasteiger partial charge is 0.394 e. The van der Waals surface area contributed by atoms with Crippen LogP contribution in [0.25, 0.3) is 23.7 Å². The molecule has 3 N–H and O–H groups in total. The first-order valence-corrected chi connectivity index (χ1v) is 9.34. The molecule has 1 atom stereocenters. The highest BCUT2D eigenvalue weighted by Crippen LogP contribution is 2.20. The number of aliphatic hydroxyl groups excluding tert-OH is 1. The number of aliphatic hydroxyl groups is 1. The number of H-pyrrole nitrogens is 1. The Morgan fingerprint density at radius 3 is 3.00 bits per heavy atom. The molecule has 146 valence electrons. The molecule has 0 fully saturated rings. The fourth-order valence-electron chi connectivity index (χ4n) is 3.33. The molecule has 8 heteroatoms. The number of nitrogens with zero attached hydrogens (tertiary/aromatic N) is 2. The molecular formula is C20H21FN4O3. The van der Waals surface area contributed by atoms with E-state index in [4.69, 9.17) is 4.52 Å². The summed E-state index contributed by atoms with van der Waals surface area (Å²) in [4.78, 5) is 20.0. The van der Waals surface area contributed by atoms with Gasteiger partial charge in [-0.25, -0.2) is 4.39 Å². The Hall–Kier alpha value is -3.00. The summed E-state index contributed by atoms with van der Waals surface area (Å²) in [5.41, 5.74) is 1.17. The standard InChI is InChI=1S/C20H21FN4O3/c21-14-6-3-5-12(8-9-14)19(27)23-17(11-26)20-24-18(25-28-20)16-10-13-4-1-2-7-15(13)22-16/h4,7-10,17,22,26H,1-3,5-6,11H2,(H,23,27)/t17-/m0/s1. The van der Waals surface area contributed by atoms with Gasteiger partial charge in [0.2, 0.25) is 11.7 Å². The Morgan fingerprint density at radius 1 is 1.32 bits per heavy atom. The molecule has 7 nitrogen and oxygen atoms in total. The zero-order chi connectivity index (χ0) is 19.5. The van der Waals surface area contributed by atoms with Gasteiger partial charge in [-0.1, -0.05) is 23.4 Å². The van der Waals surface area contributed by atoms with Crippen LogP contribution in [0, 0.1) is 0 Å². The fourth-order valence-corrected chi connectivity index (χ4v) is 3.33. The van der Waals surface area contributed by atoms with Crippen molar-refractivity contribution in [2.45, 2.75) is 38.1 Å². The Morgan fingerprint density at radius 2 is 2.18 bits per heavy atom. The van der Waals surface area contributed by atoms with Gasteiger partial charge in [0.05, 0.1) is 18.1 Å². The normalized spacial score (nSPS) is 17.4. The van der Waals surface area contributed by atoms with Crippen LogP contribution < -0.4 is 15.9 Å². The number of amides is 1. The maximum Gasteiger partial charge on any atom is 0.251 e. The highest BCUT2D eigenvalue weighted by atomic mass is 19.1. The van der Waals surface area contributed by atoms with Crippen molar-refractivity contribution in [1.82, 2.24) is 20.4 Å². The monoisotopic (exact) mass is 384 g/mol. The molecule has 28 heavy (non-hydrogen) atoms. The van der Waals surface area contributed by atoms with Crippen molar-refractivity contribution in [3.8, 4) is 11.5 Å². The topological polar surface area (TPSA) is 104 Å². The van der Waals surface area contributed by atoms with Crippen molar-refractivity contribution in [3.05, 3.63) is 46.1 Å². The average molecular weight is 384 g/mol. The molecular weight excluding hydrogens is 363 g/mol. The third-order valence-corrected chi connectivity index (χ3v) is 4.85. The third-order valence-electron chi connectivity index (χ3n) is 4.85. The van der Waals surface area contributed by atoms with Crippen LogP contribution in [0.1, 0.15) is 44.0 Å². The first-order chi connectivity index (χ1) is 13.6. The number of aromatic amines is 1. The molecule has 0 aliphatic heterocycles. The van der Waals surface area contributed by atoms with Crippen molar-refractivity contribution < 1.29 is 18.8 Å². The summed E-state index contributed by atoms with van der Waals surface area (Å²) < 4.78 is 18.6. The Kier molecular flexibility index (Phi) is 5.21. The molecule has 1 amide bonds. The number of hydrogen-bond donors (Lipinski definition) is 3. The van der Waals surface area contributed by atoms with E-state index in [2.05, 4.69) is 32.6 Å². The lowest BCUT2D eigenvalue weighted by molar-refractivity contribution is -0.118. The van der Waals surface area contributed by atoms with Gasteiger partial charge in [0.25, 0.3) is 5.89 Å². The van der Waals surface area contributed by atoms with E-state index in [1.807, 2.05) is 6.07 Å². The smallest absolute Gasteiger partial charge is 0.251 e. The number of fused-ring (bicyclic) bond motifs is 1. The third kappa shape index (κ3) is 3.82. The number of carbonyl (C=O) groups is 1. The first kappa shape index (κ1) is 18.4. The fraction of sp³-hybridized carbons (Fsp3) is 0.350. The highest BCUT2D eigenvalue weighted by Gasteiger charge is 2.23. The minimum atomic E-state index is -0.838. The zero-order valence-electron chi connectivity index (χ0n) is 15.2. The molecule has 2 aromatic heterocycles. The highest BCUT2D eigenvalue weighted by molar-refractivity contribution is 5.94. The van der Waals surface area contributed by atoms with Crippen LogP contribution in [-0.2, 0) is 4.79 Å². The van der Waals surface area contributed by atoms with Gasteiger partial charge in [0, 0.05) is 10.9 Å². The minimum absolute atomic E-state index is 0.113. The van der Waals surface area contributed by atoms with Gasteiger partial charge in [0.1, 0.15) is 6.04 Å². The van der Waals surface area contributed by atoms with Crippen LogP contribution in [0.5, 0.6) is 0 Å². The quantitative estimate of drug-likeness (QED) is 0.725. The van der Waals surface area contributed by atoms with Crippen molar-refractivity contribution in [3.63, 3.8) is 0 Å². The van der Waals surface area contributed by atoms with Crippen LogP contribution >= 0.6 is 0 Å². The van der Waals surface area contributed by atoms with E-state index in [-0.39, 0.29) is 17.6 Å². The summed E-state index contributed by atoms with van der Waals surface area (Å²) in [5, 5.41) is 18.5. The molecule has 2 heterocycles. The second-order valence-corrected chi connectivity index (χ2v) is 6.86. The summed E-state index contributed by atoms with van der Waals surface area (Å²) in [6.45, 7) is -0.395. The van der Waals surface area contributed by atoms with Crippen LogP contribution in [0.4, 0.5) is 4.39 Å². The molecule has 2 aliphatic rings. The summed E-state index contributed by atoms with van der Waals surface area (Å²) >= 11 is 0. The predicted octanol–water partition coefficient (Wildman–Crippen LogP) is 1.53. The molecule has 0 radical (unpaired) electrons. The van der Waals surface area contributed by atoms with Crippen LogP contribution in [0.3, 0.4) is 0 Å². The van der Waals surface area contributed by atoms with Gasteiger partial charge in [-0.3, -0.25) is 4.79 Å². The van der Waals surface area contributed by atoms with E-state index in [1.54, 1.807) is 0 Å². The van der Waals surface area contributed by atoms with Crippen molar-refractivity contribution in [2.75, 3.05) is 6.61 Å². The summed E-state index contributed by atoms with van der Waals surface area (Å²) in [7, 11) is 0. The van der Waals surface area contributed by atoms with Crippen LogP contribution in [0.15, 0.2) is 34.1 Å². The molecule has 4 rings (SSSR count). The van der Waals surface area contributed by atoms with E-state index in [0.717, 1.165) is 23.4 Å². The summed E-state index contributed by atoms with van der Waals surface area (Å²) in [6, 6.07) is 1.11. The number of hydrogen-bond acceptors (Lipinski definition) is 5. The lowest BCUT2D eigenvalue weighted by atomic mass is 10.1. The second kappa shape index (κ2) is 7.93. The number of aromatic nitrogens is 3. The number of allylic oxidation sites excluding steroid dienone is 3. The molecule has 0 bridgehead atoms. The maximum atomic E-state index is 13.3. The SMILES string of the molecule is O=C(N[C@@H](CO)c1nc(-c2cc3c([nH]2)=CCCC=3)no1)C1=CC=C(F)CCC1. The van der Waals surface area contributed by atoms with Crippen molar-refractivity contribution in [2.24, 2.45) is 0 Å². The Balaban J connectivity index is 1.52. The van der Waals surface area contributed by atoms with E-state index in [0.29, 0.717) is 36.4 Å². The molecule has 0 saturated carbocycles. The number of halogens is 1. The molecule has 0 saturated heterocycles. The van der Waals surface area contributed by atoms with E-state index >= 15 is 0 Å². The number of rotatable bonds is 5. The van der Waals surface area contributed by atoms with Crippen LogP contribution in [-0.4, -0.2) is 32.7 Å². The second-order valence-electron chi connectivity index (χ2n) is 6.86. The van der Waals surface area contributed by atoms with E-state index in [9.17, 15) is 14.3 Å². The van der Waals surface area contributed by atoms with E-state index in [1.165, 1.54) is 12.2 Å². The lowest BCUT2D eigenvalue weighted by Gasteiger charge is -2.13. The zero-order valence-corrected chi connectivity index (χ0v) is 15.2. The lowest BCUT2D eigenvalue weighted by Crippen LogP contribution is -2.32. The molecule has 2 aromatic rings. The average Bonchev–Trinajstić information content (AvgIpc) is 3.29. The van der Waals surface area contributed by atoms with Gasteiger partial charge in [-0.05, 0) is 49.5 Å². The summed E-state index contributed by atoms with van der Waals surface area (Å²) in [5.74, 6) is -0.157. The number of carbonyl (C=O) groups excluding carboxylic acids is 1. The van der Waals surface area contributed by atoms with Gasteiger partial charge in [-0.2, -0.15) is 4.98 Å². The van der Waals surface area contributed by atoms with Crippen molar-refractivity contribution in [1.29, 1.82) is 0 Å². The van der Waals surface area contributed by atoms with E-state index < -0.39 is 12.6 Å². The molecule has 2 aliphatic carbocycles. The Bertz CT molecular complexity index is 1030. The predicted molar refractivity (Wildman–Crippen MR) is 101 cm³/mol. The summed E-state index contributed by atoms with van der Waals surface area (Å²) in [6.07, 6.45) is 10.4. The van der Waals surface area contributed by atoms with Gasteiger partial charge in [-0.15, -0.1) is 0 Å². The maximum absolute atomic E-state index is 13.3. The van der Waals surface area contributed by atoms with Gasteiger partial charge in [0.15, 0.2) is 0 Å². The first-order valence-electron chi connectivity index (χ1n) is 9.34. The molecule has 0 unspecified atom stereocenters. The molecule has 0 spiro atoms. The van der Waals surface area contributed by atoms with Crippen LogP contribution in [0.2, 0.25) is 0 Å². The van der Waals surface area contributed by atoms with Gasteiger partial charge >= 0.3 is 0 Å².